The van der Waals surface area contributed by atoms with Gasteiger partial charge in [0.15, 0.2) is 0 Å². The number of aromatic amines is 1. The Morgan fingerprint density at radius 3 is 3.00 bits per heavy atom. The first-order valence-corrected chi connectivity index (χ1v) is 4.12. The van der Waals surface area contributed by atoms with Crippen molar-refractivity contribution in [3.63, 3.8) is 0 Å². The fraction of sp³-hybridized carbons (Fsp3) is 0. The van der Waals surface area contributed by atoms with Gasteiger partial charge < -0.3 is 0 Å². The van der Waals surface area contributed by atoms with E-state index >= 15 is 0 Å². The lowest BCUT2D eigenvalue weighted by atomic mass is 10.1. The highest BCUT2D eigenvalue weighted by molar-refractivity contribution is 8.93. The zero-order chi connectivity index (χ0) is 8.67. The van der Waals surface area contributed by atoms with Gasteiger partial charge in [-0.25, -0.2) is 0 Å². The number of fused-ring (bicyclic) bond motifs is 3. The van der Waals surface area contributed by atoms with E-state index in [1.165, 1.54) is 0 Å². The first-order chi connectivity index (χ1) is 6.45. The van der Waals surface area contributed by atoms with Gasteiger partial charge in [0, 0.05) is 23.2 Å². The number of nitrogens with zero attached hydrogens (tertiary/aromatic N) is 2. The Balaban J connectivity index is 0.000000750. The predicted molar refractivity (Wildman–Crippen MR) is 61.7 cm³/mol. The van der Waals surface area contributed by atoms with Crippen molar-refractivity contribution in [2.24, 2.45) is 0 Å². The molecule has 0 fully saturated rings. The summed E-state index contributed by atoms with van der Waals surface area (Å²) in [6.45, 7) is 0. The van der Waals surface area contributed by atoms with Crippen LogP contribution in [0.15, 0.2) is 36.7 Å². The summed E-state index contributed by atoms with van der Waals surface area (Å²) in [5, 5.41) is 9.26. The second kappa shape index (κ2) is 3.38. The molecule has 0 bridgehead atoms. The smallest absolute Gasteiger partial charge is 0.101 e. The summed E-state index contributed by atoms with van der Waals surface area (Å²) in [4.78, 5) is 4.26. The van der Waals surface area contributed by atoms with Gasteiger partial charge in [-0.2, -0.15) is 5.10 Å². The molecule has 0 atom stereocenters. The van der Waals surface area contributed by atoms with E-state index in [2.05, 4.69) is 15.2 Å². The molecule has 0 aliphatic rings. The Kier molecular flexibility index (Phi) is 2.21. The molecule has 2 aromatic heterocycles. The fourth-order valence-electron chi connectivity index (χ4n) is 1.56. The molecule has 3 aromatic rings. The van der Waals surface area contributed by atoms with E-state index in [1.54, 1.807) is 6.20 Å². The minimum atomic E-state index is 0. The van der Waals surface area contributed by atoms with Crippen LogP contribution in [-0.4, -0.2) is 15.2 Å². The van der Waals surface area contributed by atoms with Crippen LogP contribution in [0.3, 0.4) is 0 Å². The van der Waals surface area contributed by atoms with Crippen LogP contribution in [0.25, 0.3) is 21.8 Å². The van der Waals surface area contributed by atoms with Crippen LogP contribution in [0.1, 0.15) is 0 Å². The molecule has 0 spiro atoms. The summed E-state index contributed by atoms with van der Waals surface area (Å²) >= 11 is 0. The highest BCUT2D eigenvalue weighted by Crippen LogP contribution is 2.20. The van der Waals surface area contributed by atoms with Crippen LogP contribution in [0.5, 0.6) is 0 Å². The van der Waals surface area contributed by atoms with Crippen LogP contribution >= 0.6 is 17.0 Å². The molecule has 14 heavy (non-hydrogen) atoms. The largest absolute Gasteiger partial charge is 0.284 e. The van der Waals surface area contributed by atoms with Crippen molar-refractivity contribution in [2.45, 2.75) is 0 Å². The van der Waals surface area contributed by atoms with E-state index < -0.39 is 0 Å². The van der Waals surface area contributed by atoms with E-state index in [0.717, 1.165) is 21.8 Å². The molecule has 1 aromatic carbocycles. The number of H-pyrrole nitrogens is 1. The second-order valence-corrected chi connectivity index (χ2v) is 2.96. The average molecular weight is 250 g/mol. The Morgan fingerprint density at radius 2 is 2.07 bits per heavy atom. The number of benzene rings is 1. The normalized spacial score (nSPS) is 10.3. The lowest BCUT2D eigenvalue weighted by Crippen LogP contribution is -1.78. The molecule has 0 saturated heterocycles. The topological polar surface area (TPSA) is 41.6 Å². The summed E-state index contributed by atoms with van der Waals surface area (Å²) in [6.07, 6.45) is 3.68. The summed E-state index contributed by atoms with van der Waals surface area (Å²) in [5.74, 6) is 0. The summed E-state index contributed by atoms with van der Waals surface area (Å²) in [5.41, 5.74) is 1.98. The number of hydrogen-bond acceptors (Lipinski definition) is 2. The molecular formula is C10H8BrN3. The van der Waals surface area contributed by atoms with Gasteiger partial charge in [-0.15, -0.1) is 17.0 Å². The molecule has 0 radical (unpaired) electrons. The lowest BCUT2D eigenvalue weighted by Gasteiger charge is -1.95. The third-order valence-corrected chi connectivity index (χ3v) is 2.18. The number of aromatic nitrogens is 3. The molecule has 3 rings (SSSR count). The van der Waals surface area contributed by atoms with Gasteiger partial charge in [0.2, 0.25) is 0 Å². The molecule has 0 amide bonds. The van der Waals surface area contributed by atoms with Crippen LogP contribution in [0, 0.1) is 0 Å². The number of hydrogen-bond donors (Lipinski definition) is 1. The molecule has 70 valence electrons. The maximum absolute atomic E-state index is 4.26. The zero-order valence-electron chi connectivity index (χ0n) is 7.27. The van der Waals surface area contributed by atoms with Crippen molar-refractivity contribution >= 4 is 38.8 Å². The molecule has 0 saturated carbocycles. The van der Waals surface area contributed by atoms with Crippen LogP contribution < -0.4 is 0 Å². The highest BCUT2D eigenvalue weighted by Gasteiger charge is 2.01. The lowest BCUT2D eigenvalue weighted by molar-refractivity contribution is 1.12. The van der Waals surface area contributed by atoms with Crippen molar-refractivity contribution < 1.29 is 0 Å². The average Bonchev–Trinajstić information content (AvgIpc) is 2.65. The van der Waals surface area contributed by atoms with E-state index in [-0.39, 0.29) is 17.0 Å². The molecule has 0 aliphatic heterocycles. The van der Waals surface area contributed by atoms with Crippen molar-refractivity contribution in [3.05, 3.63) is 36.7 Å². The summed E-state index contributed by atoms with van der Waals surface area (Å²) in [7, 11) is 0. The van der Waals surface area contributed by atoms with Gasteiger partial charge in [-0.3, -0.25) is 10.1 Å². The summed E-state index contributed by atoms with van der Waals surface area (Å²) < 4.78 is 0. The van der Waals surface area contributed by atoms with Gasteiger partial charge in [0.1, 0.15) is 5.52 Å². The third kappa shape index (κ3) is 1.19. The zero-order valence-corrected chi connectivity index (χ0v) is 8.98. The first kappa shape index (κ1) is 9.15. The Hall–Kier alpha value is -1.42. The SMILES string of the molecule is Br.c1cnc2ccc3c[nH]nc3c2c1. The summed E-state index contributed by atoms with van der Waals surface area (Å²) in [6, 6.07) is 7.99. The monoisotopic (exact) mass is 249 g/mol. The predicted octanol–water partition coefficient (Wildman–Crippen LogP) is 2.69. The minimum Gasteiger partial charge on any atom is -0.284 e. The number of pyridine rings is 1. The Morgan fingerprint density at radius 1 is 1.14 bits per heavy atom. The standard InChI is InChI=1S/C10H7N3.BrH/c1-2-8-9(11-5-1)4-3-7-6-12-13-10(7)8;/h1-6H,(H,12,13);1H. The molecule has 0 unspecified atom stereocenters. The number of rotatable bonds is 0. The van der Waals surface area contributed by atoms with Gasteiger partial charge in [0.05, 0.1) is 5.52 Å². The molecule has 0 aliphatic carbocycles. The van der Waals surface area contributed by atoms with Crippen LogP contribution in [0.4, 0.5) is 0 Å². The van der Waals surface area contributed by atoms with Crippen molar-refractivity contribution in [1.29, 1.82) is 0 Å². The molecule has 2 heterocycles. The number of halogens is 1. The van der Waals surface area contributed by atoms with E-state index in [0.29, 0.717) is 0 Å². The highest BCUT2D eigenvalue weighted by atomic mass is 79.9. The third-order valence-electron chi connectivity index (χ3n) is 2.18. The minimum absolute atomic E-state index is 0. The first-order valence-electron chi connectivity index (χ1n) is 4.12. The van der Waals surface area contributed by atoms with E-state index in [1.807, 2.05) is 30.5 Å². The maximum Gasteiger partial charge on any atom is 0.101 e. The van der Waals surface area contributed by atoms with Crippen LogP contribution in [0.2, 0.25) is 0 Å². The molecule has 1 N–H and O–H groups in total. The number of nitrogens with one attached hydrogen (secondary N) is 1. The van der Waals surface area contributed by atoms with Crippen LogP contribution in [-0.2, 0) is 0 Å². The van der Waals surface area contributed by atoms with Crippen molar-refractivity contribution in [1.82, 2.24) is 15.2 Å². The van der Waals surface area contributed by atoms with Gasteiger partial charge in [-0.1, -0.05) is 0 Å². The molecule has 4 heteroatoms. The Labute approximate surface area is 90.9 Å². The Bertz CT molecular complexity index is 573. The maximum atomic E-state index is 4.26. The molecular weight excluding hydrogens is 242 g/mol. The van der Waals surface area contributed by atoms with Gasteiger partial charge >= 0.3 is 0 Å². The van der Waals surface area contributed by atoms with E-state index in [9.17, 15) is 0 Å². The quantitative estimate of drug-likeness (QED) is 0.666. The van der Waals surface area contributed by atoms with Crippen molar-refractivity contribution in [2.75, 3.05) is 0 Å². The van der Waals surface area contributed by atoms with Crippen molar-refractivity contribution in [3.8, 4) is 0 Å². The second-order valence-electron chi connectivity index (χ2n) is 2.96. The fourth-order valence-corrected chi connectivity index (χ4v) is 1.56. The van der Waals surface area contributed by atoms with Gasteiger partial charge in [-0.05, 0) is 24.3 Å². The molecule has 3 nitrogen and oxygen atoms in total. The van der Waals surface area contributed by atoms with E-state index in [4.69, 9.17) is 0 Å². The van der Waals surface area contributed by atoms with Gasteiger partial charge in [0.25, 0.3) is 0 Å².